The van der Waals surface area contributed by atoms with E-state index in [9.17, 15) is 9.59 Å². The van der Waals surface area contributed by atoms with E-state index < -0.39 is 0 Å². The quantitative estimate of drug-likeness (QED) is 0.548. The first-order chi connectivity index (χ1) is 12.6. The molecule has 1 aliphatic carbocycles. The lowest BCUT2D eigenvalue weighted by Crippen LogP contribution is -2.16. The summed E-state index contributed by atoms with van der Waals surface area (Å²) in [5, 5.41) is 15.0. The van der Waals surface area contributed by atoms with Crippen molar-refractivity contribution in [3.63, 3.8) is 0 Å². The van der Waals surface area contributed by atoms with Gasteiger partial charge < -0.3 is 20.1 Å². The Labute approximate surface area is 157 Å². The van der Waals surface area contributed by atoms with Crippen LogP contribution in [-0.4, -0.2) is 40.5 Å². The largest absolute Gasteiger partial charge is 0.454 e. The zero-order chi connectivity index (χ0) is 18.1. The van der Waals surface area contributed by atoms with Crippen molar-refractivity contribution in [3.05, 3.63) is 17.7 Å². The van der Waals surface area contributed by atoms with Gasteiger partial charge in [0.15, 0.2) is 21.6 Å². The molecule has 0 saturated heterocycles. The molecule has 2 N–H and O–H groups in total. The molecule has 2 aliphatic rings. The van der Waals surface area contributed by atoms with Crippen LogP contribution in [0.3, 0.4) is 0 Å². The zero-order valence-electron chi connectivity index (χ0n) is 13.9. The summed E-state index contributed by atoms with van der Waals surface area (Å²) in [5.74, 6) is 0.795. The second-order valence-electron chi connectivity index (χ2n) is 5.94. The molecule has 0 bridgehead atoms. The molecule has 10 heteroatoms. The van der Waals surface area contributed by atoms with Gasteiger partial charge in [-0.2, -0.15) is 0 Å². The van der Waals surface area contributed by atoms with Crippen molar-refractivity contribution in [1.29, 1.82) is 0 Å². The van der Waals surface area contributed by atoms with Gasteiger partial charge in [-0.25, -0.2) is 0 Å². The molecule has 0 unspecified atom stereocenters. The molecule has 1 aliphatic heterocycles. The maximum Gasteiger partial charge on any atom is 0.234 e. The summed E-state index contributed by atoms with van der Waals surface area (Å²) in [6, 6.07) is 3.72. The van der Waals surface area contributed by atoms with Gasteiger partial charge in [0.25, 0.3) is 0 Å². The van der Waals surface area contributed by atoms with Gasteiger partial charge >= 0.3 is 0 Å². The highest BCUT2D eigenvalue weighted by molar-refractivity contribution is 8.01. The first-order valence-corrected chi connectivity index (χ1v) is 9.86. The number of carbonyl (C=O) groups is 2. The molecular formula is C16H16N4O4S2. The summed E-state index contributed by atoms with van der Waals surface area (Å²) < 4.78 is 11.3. The van der Waals surface area contributed by atoms with Gasteiger partial charge in [-0.3, -0.25) is 9.59 Å². The number of anilines is 2. The number of amides is 1. The van der Waals surface area contributed by atoms with Crippen molar-refractivity contribution in [3.8, 4) is 11.5 Å². The predicted octanol–water partition coefficient (Wildman–Crippen LogP) is 2.77. The van der Waals surface area contributed by atoms with Crippen molar-refractivity contribution in [2.45, 2.75) is 30.1 Å². The highest BCUT2D eigenvalue weighted by Gasteiger charge is 2.23. The fourth-order valence-electron chi connectivity index (χ4n) is 2.38. The summed E-state index contributed by atoms with van der Waals surface area (Å²) in [4.78, 5) is 24.1. The average molecular weight is 392 g/mol. The standard InChI is InChI=1S/C16H16N4O4S2/c1-8(21)10-4-12-13(24-7-23-12)5-11(10)18-14(22)6-25-16-20-19-15(26-16)17-9-2-3-9/h4-5,9H,2-3,6-7H2,1H3,(H,17,19)(H,18,22). The van der Waals surface area contributed by atoms with Crippen LogP contribution in [0.5, 0.6) is 11.5 Å². The third kappa shape index (κ3) is 3.91. The molecule has 0 atom stereocenters. The molecule has 4 rings (SSSR count). The van der Waals surface area contributed by atoms with Gasteiger partial charge in [-0.15, -0.1) is 10.2 Å². The molecule has 136 valence electrons. The SMILES string of the molecule is CC(=O)c1cc2c(cc1NC(=O)CSc1nnc(NC3CC3)s1)OCO2. The van der Waals surface area contributed by atoms with Crippen LogP contribution < -0.4 is 20.1 Å². The van der Waals surface area contributed by atoms with E-state index in [1.165, 1.54) is 42.9 Å². The Bertz CT molecular complexity index is 866. The van der Waals surface area contributed by atoms with Crippen molar-refractivity contribution in [1.82, 2.24) is 10.2 Å². The predicted molar refractivity (Wildman–Crippen MR) is 98.5 cm³/mol. The van der Waals surface area contributed by atoms with E-state index in [0.717, 1.165) is 9.47 Å². The fraction of sp³-hybridized carbons (Fsp3) is 0.375. The normalized spacial score (nSPS) is 15.0. The van der Waals surface area contributed by atoms with Crippen LogP contribution >= 0.6 is 23.1 Å². The molecule has 0 spiro atoms. The highest BCUT2D eigenvalue weighted by atomic mass is 32.2. The van der Waals surface area contributed by atoms with Gasteiger partial charge in [0.1, 0.15) is 0 Å². The Kier molecular flexibility index (Phi) is 4.68. The second-order valence-corrected chi connectivity index (χ2v) is 8.14. The van der Waals surface area contributed by atoms with E-state index in [0.29, 0.717) is 28.8 Å². The van der Waals surface area contributed by atoms with Crippen LogP contribution in [0.4, 0.5) is 10.8 Å². The van der Waals surface area contributed by atoms with Crippen molar-refractivity contribution in [2.75, 3.05) is 23.2 Å². The topological polar surface area (TPSA) is 102 Å². The van der Waals surface area contributed by atoms with Crippen molar-refractivity contribution in [2.24, 2.45) is 0 Å². The van der Waals surface area contributed by atoms with Crippen molar-refractivity contribution < 1.29 is 19.1 Å². The number of ether oxygens (including phenoxy) is 2. The van der Waals surface area contributed by atoms with E-state index in [-0.39, 0.29) is 24.2 Å². The summed E-state index contributed by atoms with van der Waals surface area (Å²) >= 11 is 2.74. The van der Waals surface area contributed by atoms with Gasteiger partial charge in [-0.1, -0.05) is 23.1 Å². The van der Waals surface area contributed by atoms with Crippen LogP contribution in [0.15, 0.2) is 16.5 Å². The van der Waals surface area contributed by atoms with Crippen LogP contribution in [0.25, 0.3) is 0 Å². The van der Waals surface area contributed by atoms with Gasteiger partial charge in [0.05, 0.1) is 11.4 Å². The minimum atomic E-state index is -0.233. The third-order valence-electron chi connectivity index (χ3n) is 3.80. The Morgan fingerprint density at radius 2 is 2.04 bits per heavy atom. The highest BCUT2D eigenvalue weighted by Crippen LogP contribution is 2.37. The smallest absolute Gasteiger partial charge is 0.234 e. The number of nitrogens with zero attached hydrogens (tertiary/aromatic N) is 2. The Hall–Kier alpha value is -2.33. The average Bonchev–Trinajstić information content (AvgIpc) is 3.12. The van der Waals surface area contributed by atoms with Crippen LogP contribution in [0.2, 0.25) is 0 Å². The minimum absolute atomic E-state index is 0.105. The Morgan fingerprint density at radius 3 is 2.77 bits per heavy atom. The lowest BCUT2D eigenvalue weighted by atomic mass is 10.1. The van der Waals surface area contributed by atoms with E-state index in [2.05, 4.69) is 20.8 Å². The van der Waals surface area contributed by atoms with Gasteiger partial charge in [0, 0.05) is 17.7 Å². The van der Waals surface area contributed by atoms with E-state index in [1.807, 2.05) is 0 Å². The fourth-order valence-corrected chi connectivity index (χ4v) is 4.01. The first-order valence-electron chi connectivity index (χ1n) is 8.06. The number of ketones is 1. The van der Waals surface area contributed by atoms with Crippen molar-refractivity contribution >= 4 is 45.6 Å². The molecule has 1 saturated carbocycles. The molecule has 0 radical (unpaired) electrons. The number of rotatable bonds is 7. The number of nitrogens with one attached hydrogen (secondary N) is 2. The number of carbonyl (C=O) groups excluding carboxylic acids is 2. The summed E-state index contributed by atoms with van der Waals surface area (Å²) in [5.41, 5.74) is 0.806. The molecule has 8 nitrogen and oxygen atoms in total. The van der Waals surface area contributed by atoms with Crippen LogP contribution in [0.1, 0.15) is 30.1 Å². The molecule has 1 aromatic carbocycles. The molecule has 26 heavy (non-hydrogen) atoms. The van der Waals surface area contributed by atoms with Crippen LogP contribution in [0, 0.1) is 0 Å². The van der Waals surface area contributed by atoms with E-state index in [4.69, 9.17) is 9.47 Å². The molecule has 1 fully saturated rings. The number of thioether (sulfide) groups is 1. The van der Waals surface area contributed by atoms with E-state index >= 15 is 0 Å². The Balaban J connectivity index is 1.38. The number of benzene rings is 1. The van der Waals surface area contributed by atoms with Gasteiger partial charge in [0.2, 0.25) is 17.8 Å². The summed E-state index contributed by atoms with van der Waals surface area (Å²) in [6.07, 6.45) is 2.33. The zero-order valence-corrected chi connectivity index (χ0v) is 15.5. The second kappa shape index (κ2) is 7.12. The number of aromatic nitrogens is 2. The molecular weight excluding hydrogens is 376 g/mol. The number of hydrogen-bond acceptors (Lipinski definition) is 9. The number of Topliss-reactive ketones (excluding diaryl/α,β-unsaturated/α-hetero) is 1. The lowest BCUT2D eigenvalue weighted by Gasteiger charge is -2.10. The maximum atomic E-state index is 12.3. The van der Waals surface area contributed by atoms with Crippen LogP contribution in [-0.2, 0) is 4.79 Å². The molecule has 1 amide bonds. The number of fused-ring (bicyclic) bond motifs is 1. The Morgan fingerprint density at radius 1 is 1.27 bits per heavy atom. The van der Waals surface area contributed by atoms with Gasteiger partial charge in [-0.05, 0) is 25.8 Å². The summed E-state index contributed by atoms with van der Waals surface area (Å²) in [7, 11) is 0. The first kappa shape index (κ1) is 17.1. The maximum absolute atomic E-state index is 12.3. The summed E-state index contributed by atoms with van der Waals surface area (Å²) in [6.45, 7) is 1.55. The molecule has 2 aromatic rings. The molecule has 1 aromatic heterocycles. The lowest BCUT2D eigenvalue weighted by molar-refractivity contribution is -0.113. The monoisotopic (exact) mass is 392 g/mol. The number of hydrogen-bond donors (Lipinski definition) is 2. The molecule has 2 heterocycles. The third-order valence-corrected chi connectivity index (χ3v) is 5.79. The minimum Gasteiger partial charge on any atom is -0.454 e. The van der Waals surface area contributed by atoms with E-state index in [1.54, 1.807) is 12.1 Å².